The molecule has 2 aromatic carbocycles. The summed E-state index contributed by atoms with van der Waals surface area (Å²) in [6, 6.07) is 11.6. The summed E-state index contributed by atoms with van der Waals surface area (Å²) in [7, 11) is 0. The number of hydrogen-bond acceptors (Lipinski definition) is 5. The Morgan fingerprint density at radius 2 is 1.92 bits per heavy atom. The van der Waals surface area contributed by atoms with Crippen LogP contribution in [-0.2, 0) is 4.79 Å². The molecule has 3 rings (SSSR count). The lowest BCUT2D eigenvalue weighted by Crippen LogP contribution is -2.32. The molecule has 0 bridgehead atoms. The number of nitrogens with one attached hydrogen (secondary N) is 1. The number of aromatic hydroxyl groups is 1. The largest absolute Gasteiger partial charge is 0.508 e. The molecule has 0 saturated carbocycles. The molecule has 1 fully saturated rings. The number of carbonyl (C=O) groups is 2. The van der Waals surface area contributed by atoms with E-state index in [4.69, 9.17) is 0 Å². The SMILES string of the molecule is Cc1cccc(N2C(=O)CSC2=NNC(=O)c2ccc(O)cc2)c1C. The van der Waals surface area contributed by atoms with Crippen molar-refractivity contribution < 1.29 is 14.7 Å². The van der Waals surface area contributed by atoms with E-state index in [1.807, 2.05) is 32.0 Å². The molecule has 2 N–H and O–H groups in total. The van der Waals surface area contributed by atoms with Crippen LogP contribution in [0.2, 0.25) is 0 Å². The topological polar surface area (TPSA) is 82.0 Å². The number of rotatable bonds is 3. The highest BCUT2D eigenvalue weighted by molar-refractivity contribution is 8.15. The average Bonchev–Trinajstić information content (AvgIpc) is 2.96. The summed E-state index contributed by atoms with van der Waals surface area (Å²) in [5, 5.41) is 13.8. The van der Waals surface area contributed by atoms with Gasteiger partial charge >= 0.3 is 0 Å². The van der Waals surface area contributed by atoms with E-state index in [0.29, 0.717) is 10.7 Å². The molecule has 2 amide bonds. The van der Waals surface area contributed by atoms with Crippen LogP contribution in [0.3, 0.4) is 0 Å². The maximum absolute atomic E-state index is 12.3. The van der Waals surface area contributed by atoms with Gasteiger partial charge in [-0.1, -0.05) is 23.9 Å². The minimum atomic E-state index is -0.409. The predicted octanol–water partition coefficient (Wildman–Crippen LogP) is 2.79. The standard InChI is InChI=1S/C18H17N3O3S/c1-11-4-3-5-15(12(11)2)21-16(23)10-25-18(21)20-19-17(24)13-6-8-14(22)9-7-13/h3-9,22H,10H2,1-2H3,(H,19,24). The van der Waals surface area contributed by atoms with Gasteiger partial charge in [0.2, 0.25) is 5.91 Å². The number of carbonyl (C=O) groups excluding carboxylic acids is 2. The molecule has 7 heteroatoms. The molecule has 2 aromatic rings. The Bertz CT molecular complexity index is 862. The van der Waals surface area contributed by atoms with E-state index in [2.05, 4.69) is 10.5 Å². The summed E-state index contributed by atoms with van der Waals surface area (Å²) in [4.78, 5) is 26.0. The van der Waals surface area contributed by atoms with Crippen LogP contribution in [-0.4, -0.2) is 27.8 Å². The lowest BCUT2D eigenvalue weighted by atomic mass is 10.1. The monoisotopic (exact) mass is 355 g/mol. The van der Waals surface area contributed by atoms with Gasteiger partial charge in [0.1, 0.15) is 5.75 Å². The first-order valence-corrected chi connectivity index (χ1v) is 8.65. The maximum atomic E-state index is 12.3. The van der Waals surface area contributed by atoms with Crippen molar-refractivity contribution in [2.24, 2.45) is 5.10 Å². The van der Waals surface area contributed by atoms with Gasteiger partial charge < -0.3 is 5.11 Å². The van der Waals surface area contributed by atoms with Crippen molar-refractivity contribution in [3.05, 3.63) is 59.2 Å². The smallest absolute Gasteiger partial charge is 0.271 e. The van der Waals surface area contributed by atoms with Gasteiger partial charge in [0.05, 0.1) is 11.4 Å². The molecule has 1 saturated heterocycles. The first-order chi connectivity index (χ1) is 12.0. The summed E-state index contributed by atoms with van der Waals surface area (Å²) in [5.74, 6) is -0.119. The molecular weight excluding hydrogens is 338 g/mol. The van der Waals surface area contributed by atoms with E-state index in [9.17, 15) is 14.7 Å². The van der Waals surface area contributed by atoms with Crippen LogP contribution in [0.1, 0.15) is 21.5 Å². The number of benzene rings is 2. The minimum Gasteiger partial charge on any atom is -0.508 e. The van der Waals surface area contributed by atoms with Crippen LogP contribution in [0.4, 0.5) is 5.69 Å². The lowest BCUT2D eigenvalue weighted by molar-refractivity contribution is -0.115. The molecule has 128 valence electrons. The van der Waals surface area contributed by atoms with Crippen molar-refractivity contribution in [1.29, 1.82) is 0 Å². The van der Waals surface area contributed by atoms with Gasteiger partial charge in [-0.05, 0) is 55.3 Å². The number of aryl methyl sites for hydroxylation is 1. The molecule has 0 atom stereocenters. The first-order valence-electron chi connectivity index (χ1n) is 7.66. The van der Waals surface area contributed by atoms with Gasteiger partial charge in [0.15, 0.2) is 5.17 Å². The van der Waals surface area contributed by atoms with Gasteiger partial charge in [-0.3, -0.25) is 14.5 Å². The maximum Gasteiger partial charge on any atom is 0.271 e. The number of amides is 2. The van der Waals surface area contributed by atoms with Gasteiger partial charge in [-0.2, -0.15) is 0 Å². The van der Waals surface area contributed by atoms with Crippen LogP contribution >= 0.6 is 11.8 Å². The lowest BCUT2D eigenvalue weighted by Gasteiger charge is -2.19. The molecule has 0 radical (unpaired) electrons. The summed E-state index contributed by atoms with van der Waals surface area (Å²) in [5.41, 5.74) is 5.68. The molecule has 0 aromatic heterocycles. The highest BCUT2D eigenvalue weighted by Gasteiger charge is 2.31. The highest BCUT2D eigenvalue weighted by Crippen LogP contribution is 2.30. The number of hydrazone groups is 1. The number of anilines is 1. The summed E-state index contributed by atoms with van der Waals surface area (Å²) in [6.45, 7) is 3.93. The molecule has 1 aliphatic heterocycles. The van der Waals surface area contributed by atoms with E-state index in [-0.39, 0.29) is 17.4 Å². The third-order valence-electron chi connectivity index (χ3n) is 3.96. The summed E-state index contributed by atoms with van der Waals surface area (Å²) >= 11 is 1.28. The molecule has 1 heterocycles. The summed E-state index contributed by atoms with van der Waals surface area (Å²) < 4.78 is 0. The number of phenols is 1. The first kappa shape index (κ1) is 17.0. The van der Waals surface area contributed by atoms with E-state index in [1.165, 1.54) is 40.9 Å². The van der Waals surface area contributed by atoms with E-state index in [0.717, 1.165) is 16.8 Å². The predicted molar refractivity (Wildman–Crippen MR) is 98.9 cm³/mol. The number of amidine groups is 1. The molecule has 0 spiro atoms. The second-order valence-corrected chi connectivity index (χ2v) is 6.56. The minimum absolute atomic E-state index is 0.0728. The number of nitrogens with zero attached hydrogens (tertiary/aromatic N) is 2. The Morgan fingerprint density at radius 1 is 1.20 bits per heavy atom. The van der Waals surface area contributed by atoms with Crippen molar-refractivity contribution in [3.8, 4) is 5.75 Å². The summed E-state index contributed by atoms with van der Waals surface area (Å²) in [6.07, 6.45) is 0. The molecule has 1 aliphatic rings. The fraction of sp³-hybridized carbons (Fsp3) is 0.167. The van der Waals surface area contributed by atoms with Crippen molar-refractivity contribution in [2.75, 3.05) is 10.7 Å². The molecule has 0 aliphatic carbocycles. The van der Waals surface area contributed by atoms with Crippen LogP contribution < -0.4 is 10.3 Å². The Kier molecular flexibility index (Phi) is 4.76. The number of hydrogen-bond donors (Lipinski definition) is 2. The van der Waals surface area contributed by atoms with Crippen molar-refractivity contribution >= 4 is 34.4 Å². The van der Waals surface area contributed by atoms with E-state index in [1.54, 1.807) is 0 Å². The van der Waals surface area contributed by atoms with E-state index >= 15 is 0 Å². The van der Waals surface area contributed by atoms with Gasteiger partial charge in [0.25, 0.3) is 5.91 Å². The average molecular weight is 355 g/mol. The second-order valence-electron chi connectivity index (χ2n) is 5.62. The van der Waals surface area contributed by atoms with Gasteiger partial charge in [-0.15, -0.1) is 5.10 Å². The van der Waals surface area contributed by atoms with Gasteiger partial charge in [0, 0.05) is 5.56 Å². The zero-order valence-corrected chi connectivity index (χ0v) is 14.6. The third-order valence-corrected chi connectivity index (χ3v) is 4.89. The zero-order chi connectivity index (χ0) is 18.0. The quantitative estimate of drug-likeness (QED) is 0.830. The molecule has 0 unspecified atom stereocenters. The van der Waals surface area contributed by atoms with Gasteiger partial charge in [-0.25, -0.2) is 5.43 Å². The molecule has 6 nitrogen and oxygen atoms in total. The van der Waals surface area contributed by atoms with Crippen LogP contribution in [0.25, 0.3) is 0 Å². The normalized spacial score (nSPS) is 15.7. The van der Waals surface area contributed by atoms with Crippen LogP contribution in [0, 0.1) is 13.8 Å². The van der Waals surface area contributed by atoms with Crippen molar-refractivity contribution in [2.45, 2.75) is 13.8 Å². The Labute approximate surface area is 149 Å². The van der Waals surface area contributed by atoms with Crippen molar-refractivity contribution in [3.63, 3.8) is 0 Å². The van der Waals surface area contributed by atoms with Crippen molar-refractivity contribution in [1.82, 2.24) is 5.43 Å². The molecular formula is C18H17N3O3S. The Balaban J connectivity index is 1.84. The van der Waals surface area contributed by atoms with Crippen LogP contribution in [0.15, 0.2) is 47.6 Å². The fourth-order valence-electron chi connectivity index (χ4n) is 2.44. The second kappa shape index (κ2) is 6.98. The van der Waals surface area contributed by atoms with E-state index < -0.39 is 5.91 Å². The fourth-order valence-corrected chi connectivity index (χ4v) is 3.26. The number of thioether (sulfide) groups is 1. The zero-order valence-electron chi connectivity index (χ0n) is 13.8. The van der Waals surface area contributed by atoms with Crippen LogP contribution in [0.5, 0.6) is 5.75 Å². The molecule has 25 heavy (non-hydrogen) atoms. The third kappa shape index (κ3) is 3.51. The highest BCUT2D eigenvalue weighted by atomic mass is 32.2. The Morgan fingerprint density at radius 3 is 2.64 bits per heavy atom. The Hall–Kier alpha value is -2.80. The number of phenolic OH excluding ortho intramolecular Hbond substituents is 1.